The van der Waals surface area contributed by atoms with Crippen molar-refractivity contribution in [1.82, 2.24) is 9.78 Å². The van der Waals surface area contributed by atoms with Gasteiger partial charge in [-0.3, -0.25) is 0 Å². The first-order chi connectivity index (χ1) is 12.2. The minimum absolute atomic E-state index is 0.222. The van der Waals surface area contributed by atoms with Crippen molar-refractivity contribution in [2.45, 2.75) is 84.2 Å². The highest BCUT2D eigenvalue weighted by atomic mass is 28.4. The molecule has 2 heterocycles. The van der Waals surface area contributed by atoms with E-state index in [1.165, 1.54) is 0 Å². The van der Waals surface area contributed by atoms with Crippen LogP contribution in [-0.2, 0) is 20.8 Å². The molecule has 27 heavy (non-hydrogen) atoms. The Morgan fingerprint density at radius 1 is 1.11 bits per heavy atom. The maximum atomic E-state index is 6.22. The van der Waals surface area contributed by atoms with Crippen molar-refractivity contribution in [2.24, 2.45) is 7.05 Å². The van der Waals surface area contributed by atoms with Crippen molar-refractivity contribution in [2.75, 3.05) is 13.2 Å². The van der Waals surface area contributed by atoms with Crippen molar-refractivity contribution in [3.05, 3.63) is 6.20 Å². The number of hydrogen-bond acceptors (Lipinski definition) is 5. The van der Waals surface area contributed by atoms with Crippen LogP contribution in [0.2, 0.25) is 18.1 Å². The summed E-state index contributed by atoms with van der Waals surface area (Å²) in [5.74, 6) is 0.695. The van der Waals surface area contributed by atoms with E-state index in [9.17, 15) is 0 Å². The van der Waals surface area contributed by atoms with Crippen molar-refractivity contribution in [1.29, 1.82) is 0 Å². The molecular formula is C19H37BN2O4Si. The number of hydrogen-bond donors (Lipinski definition) is 0. The third-order valence-electron chi connectivity index (χ3n) is 6.21. The summed E-state index contributed by atoms with van der Waals surface area (Å²) in [6.07, 6.45) is 2.60. The summed E-state index contributed by atoms with van der Waals surface area (Å²) in [6, 6.07) is 0. The molecule has 0 radical (unpaired) electrons. The molecular weight excluding hydrogens is 359 g/mol. The molecule has 0 N–H and O–H groups in total. The van der Waals surface area contributed by atoms with Crippen LogP contribution < -0.4 is 10.2 Å². The van der Waals surface area contributed by atoms with Crippen LogP contribution in [0.5, 0.6) is 5.88 Å². The zero-order valence-electron chi connectivity index (χ0n) is 18.8. The lowest BCUT2D eigenvalue weighted by Crippen LogP contribution is -2.41. The van der Waals surface area contributed by atoms with E-state index < -0.39 is 15.4 Å². The van der Waals surface area contributed by atoms with Crippen LogP contribution in [0.25, 0.3) is 0 Å². The van der Waals surface area contributed by atoms with E-state index in [1.54, 1.807) is 10.9 Å². The van der Waals surface area contributed by atoms with Gasteiger partial charge in [0.05, 0.1) is 29.5 Å². The van der Waals surface area contributed by atoms with Crippen LogP contribution in [0.4, 0.5) is 0 Å². The number of aryl methyl sites for hydroxylation is 1. The molecule has 6 nitrogen and oxygen atoms in total. The molecule has 0 amide bonds. The molecule has 1 aliphatic rings. The predicted molar refractivity (Wildman–Crippen MR) is 112 cm³/mol. The minimum atomic E-state index is -1.71. The summed E-state index contributed by atoms with van der Waals surface area (Å²) in [5, 5.41) is 4.56. The smallest absolute Gasteiger partial charge is 0.478 e. The van der Waals surface area contributed by atoms with Gasteiger partial charge in [0.25, 0.3) is 0 Å². The molecule has 1 aromatic rings. The number of ether oxygens (including phenoxy) is 1. The molecule has 1 aliphatic heterocycles. The molecule has 1 saturated heterocycles. The Labute approximate surface area is 166 Å². The molecule has 154 valence electrons. The van der Waals surface area contributed by atoms with Gasteiger partial charge in [0.1, 0.15) is 0 Å². The van der Waals surface area contributed by atoms with Gasteiger partial charge >= 0.3 is 7.12 Å². The fourth-order valence-corrected chi connectivity index (χ4v) is 3.61. The van der Waals surface area contributed by atoms with Gasteiger partial charge < -0.3 is 18.5 Å². The quantitative estimate of drug-likeness (QED) is 0.522. The summed E-state index contributed by atoms with van der Waals surface area (Å²) in [6.45, 7) is 20.7. The Morgan fingerprint density at radius 3 is 2.19 bits per heavy atom. The molecule has 0 bridgehead atoms. The van der Waals surface area contributed by atoms with Crippen molar-refractivity contribution < 1.29 is 18.5 Å². The molecule has 8 heteroatoms. The molecule has 0 spiro atoms. The van der Waals surface area contributed by atoms with Gasteiger partial charge in [0.2, 0.25) is 5.88 Å². The topological polar surface area (TPSA) is 54.7 Å². The molecule has 1 aromatic heterocycles. The van der Waals surface area contributed by atoms with Gasteiger partial charge in [0.15, 0.2) is 8.32 Å². The van der Waals surface area contributed by atoms with Crippen molar-refractivity contribution >= 4 is 20.9 Å². The predicted octanol–water partition coefficient (Wildman–Crippen LogP) is 3.51. The van der Waals surface area contributed by atoms with E-state index >= 15 is 0 Å². The normalized spacial score (nSPS) is 19.6. The third-order valence-corrected chi connectivity index (χ3v) is 10.8. The average molecular weight is 396 g/mol. The average Bonchev–Trinajstić information content (AvgIpc) is 2.95. The SMILES string of the molecule is Cn1ncc(B2OC(C)(C)C(C)(C)O2)c1OCCCO[Si](C)(C)C(C)(C)C. The van der Waals surface area contributed by atoms with Crippen molar-refractivity contribution in [3.8, 4) is 5.88 Å². The highest BCUT2D eigenvalue weighted by Gasteiger charge is 2.53. The van der Waals surface area contributed by atoms with Gasteiger partial charge in [0, 0.05) is 20.1 Å². The van der Waals surface area contributed by atoms with Crippen LogP contribution in [-0.4, -0.2) is 49.6 Å². The standard InChI is InChI=1S/C19H37BN2O4Si/c1-17(2,3)27(9,10)24-13-11-12-23-16-15(14-21-22(16)8)20-25-18(4,5)19(6,7)26-20/h14H,11-13H2,1-10H3. The molecule has 2 rings (SSSR count). The van der Waals surface area contributed by atoms with Crippen molar-refractivity contribution in [3.63, 3.8) is 0 Å². The second kappa shape index (κ2) is 7.54. The Balaban J connectivity index is 1.93. The Hall–Kier alpha value is -0.828. The number of rotatable bonds is 7. The van der Waals surface area contributed by atoms with E-state index in [-0.39, 0.29) is 16.2 Å². The van der Waals surface area contributed by atoms with Crippen LogP contribution in [0.15, 0.2) is 6.20 Å². The number of nitrogens with zero attached hydrogens (tertiary/aromatic N) is 2. The van der Waals surface area contributed by atoms with Crippen LogP contribution in [0.1, 0.15) is 54.9 Å². The molecule has 0 aromatic carbocycles. The first-order valence-electron chi connectivity index (χ1n) is 9.82. The van der Waals surface area contributed by atoms with Gasteiger partial charge in [-0.15, -0.1) is 0 Å². The zero-order valence-corrected chi connectivity index (χ0v) is 19.8. The third kappa shape index (κ3) is 4.78. The maximum Gasteiger partial charge on any atom is 0.502 e. The van der Waals surface area contributed by atoms with Gasteiger partial charge in [-0.2, -0.15) is 5.10 Å². The lowest BCUT2D eigenvalue weighted by Gasteiger charge is -2.36. The summed E-state index contributed by atoms with van der Waals surface area (Å²) in [4.78, 5) is 0. The first kappa shape index (κ1) is 22.5. The highest BCUT2D eigenvalue weighted by molar-refractivity contribution is 6.74. The highest BCUT2D eigenvalue weighted by Crippen LogP contribution is 2.37. The fraction of sp³-hybridized carbons (Fsp3) is 0.842. The molecule has 0 unspecified atom stereocenters. The largest absolute Gasteiger partial charge is 0.502 e. The lowest BCUT2D eigenvalue weighted by molar-refractivity contribution is 0.00578. The zero-order chi connectivity index (χ0) is 20.7. The number of aromatic nitrogens is 2. The van der Waals surface area contributed by atoms with Crippen LogP contribution >= 0.6 is 0 Å². The van der Waals surface area contributed by atoms with Gasteiger partial charge in [-0.1, -0.05) is 20.8 Å². The molecule has 0 saturated carbocycles. The van der Waals surface area contributed by atoms with E-state index in [0.717, 1.165) is 11.9 Å². The summed E-state index contributed by atoms with van der Waals surface area (Å²) < 4.78 is 26.3. The summed E-state index contributed by atoms with van der Waals surface area (Å²) >= 11 is 0. The monoisotopic (exact) mass is 396 g/mol. The lowest BCUT2D eigenvalue weighted by atomic mass is 9.81. The maximum absolute atomic E-state index is 6.22. The Kier molecular flexibility index (Phi) is 6.27. The van der Waals surface area contributed by atoms with Crippen LogP contribution in [0.3, 0.4) is 0 Å². The summed E-state index contributed by atoms with van der Waals surface area (Å²) in [7, 11) is -0.308. The van der Waals surface area contributed by atoms with Crippen LogP contribution in [0, 0.1) is 0 Å². The van der Waals surface area contributed by atoms with Gasteiger partial charge in [-0.05, 0) is 45.8 Å². The fourth-order valence-electron chi connectivity index (χ4n) is 2.52. The van der Waals surface area contributed by atoms with E-state index in [0.29, 0.717) is 19.1 Å². The summed E-state index contributed by atoms with van der Waals surface area (Å²) in [5.41, 5.74) is 0.0605. The Bertz CT molecular complexity index is 637. The Morgan fingerprint density at radius 2 is 1.67 bits per heavy atom. The van der Waals surface area contributed by atoms with E-state index in [1.807, 2.05) is 34.7 Å². The molecule has 0 aliphatic carbocycles. The minimum Gasteiger partial charge on any atom is -0.478 e. The van der Waals surface area contributed by atoms with Gasteiger partial charge in [-0.25, -0.2) is 4.68 Å². The second-order valence-corrected chi connectivity index (χ2v) is 14.7. The van der Waals surface area contributed by atoms with E-state index in [4.69, 9.17) is 18.5 Å². The first-order valence-corrected chi connectivity index (χ1v) is 12.7. The second-order valence-electron chi connectivity index (χ2n) is 9.93. The van der Waals surface area contributed by atoms with E-state index in [2.05, 4.69) is 39.0 Å². The molecule has 1 fully saturated rings. The molecule has 0 atom stereocenters.